The van der Waals surface area contributed by atoms with E-state index in [2.05, 4.69) is 13.0 Å². The Balaban J connectivity index is 1.88. The van der Waals surface area contributed by atoms with Crippen LogP contribution in [0.25, 0.3) is 0 Å². The molecule has 136 valence electrons. The van der Waals surface area contributed by atoms with E-state index >= 15 is 0 Å². The number of allylic oxidation sites excluding steroid dienone is 4. The third kappa shape index (κ3) is 5.52. The highest BCUT2D eigenvalue weighted by Gasteiger charge is 2.20. The first-order valence-corrected chi connectivity index (χ1v) is 9.12. The van der Waals surface area contributed by atoms with Crippen LogP contribution in [0.5, 0.6) is 0 Å². The molecule has 1 atom stereocenters. The molecule has 0 spiro atoms. The molecule has 4 heteroatoms. The third-order valence-corrected chi connectivity index (χ3v) is 4.70. The minimum atomic E-state index is -1.58. The predicted octanol–water partition coefficient (Wildman–Crippen LogP) is 6.38. The zero-order chi connectivity index (χ0) is 18.2. The number of halogens is 2. The minimum absolute atomic E-state index is 0.111. The van der Waals surface area contributed by atoms with Gasteiger partial charge in [-0.1, -0.05) is 62.8 Å². The van der Waals surface area contributed by atoms with Crippen molar-refractivity contribution in [3.8, 4) is 0 Å². The fraction of sp³-hybridized carbons (Fsp3) is 0.476. The number of rotatable bonds is 9. The summed E-state index contributed by atoms with van der Waals surface area (Å²) in [7, 11) is 0. The molecule has 0 amide bonds. The summed E-state index contributed by atoms with van der Waals surface area (Å²) >= 11 is 0. The first-order chi connectivity index (χ1) is 12.0. The van der Waals surface area contributed by atoms with Gasteiger partial charge in [-0.3, -0.25) is 0 Å². The van der Waals surface area contributed by atoms with Gasteiger partial charge in [0.05, 0.1) is 0 Å². The van der Waals surface area contributed by atoms with E-state index in [4.69, 9.17) is 5.11 Å². The maximum atomic E-state index is 13.8. The van der Waals surface area contributed by atoms with E-state index in [1.807, 2.05) is 12.2 Å². The molecule has 0 fully saturated rings. The zero-order valence-electron chi connectivity index (χ0n) is 14.7. The number of carbonyl (C=O) groups is 1. The molecule has 1 aromatic rings. The molecule has 1 aliphatic rings. The Morgan fingerprint density at radius 2 is 1.76 bits per heavy atom. The van der Waals surface area contributed by atoms with Gasteiger partial charge < -0.3 is 5.11 Å². The van der Waals surface area contributed by atoms with E-state index < -0.39 is 23.2 Å². The van der Waals surface area contributed by atoms with Gasteiger partial charge in [0.25, 0.3) is 0 Å². The van der Waals surface area contributed by atoms with Gasteiger partial charge in [0, 0.05) is 5.92 Å². The molecule has 0 bridgehead atoms. The lowest BCUT2D eigenvalue weighted by Gasteiger charge is -2.17. The normalized spacial score (nSPS) is 16.8. The van der Waals surface area contributed by atoms with Crippen LogP contribution in [0.3, 0.4) is 0 Å². The summed E-state index contributed by atoms with van der Waals surface area (Å²) in [5.41, 5.74) is 0.865. The molecule has 0 aliphatic heterocycles. The molecule has 0 radical (unpaired) electrons. The summed E-state index contributed by atoms with van der Waals surface area (Å²) in [5, 5.41) is 8.83. The van der Waals surface area contributed by atoms with Crippen molar-refractivity contribution in [3.63, 3.8) is 0 Å². The lowest BCUT2D eigenvalue weighted by atomic mass is 9.88. The first-order valence-electron chi connectivity index (χ1n) is 9.12. The highest BCUT2D eigenvalue weighted by molar-refractivity contribution is 5.88. The maximum Gasteiger partial charge on any atom is 0.341 e. The standard InChI is InChI=1S/C21H26F2O2/c1-2-3-4-5-6-7-8-15-9-11-16(12-10-15)17-13-18(22)20(21(24)25)19(23)14-17/h9-11,13-14,16H,2-8,12H2,1H3,(H,24,25). The number of carboxylic acid groups (broad SMARTS) is 1. The molecule has 1 N–H and O–H groups in total. The summed E-state index contributed by atoms with van der Waals surface area (Å²) < 4.78 is 27.7. The number of carboxylic acids is 1. The zero-order valence-corrected chi connectivity index (χ0v) is 14.7. The largest absolute Gasteiger partial charge is 0.477 e. The number of aromatic carboxylic acids is 1. The molecule has 0 saturated heterocycles. The van der Waals surface area contributed by atoms with Gasteiger partial charge in [-0.15, -0.1) is 0 Å². The Labute approximate surface area is 148 Å². The van der Waals surface area contributed by atoms with E-state index in [1.54, 1.807) is 0 Å². The first kappa shape index (κ1) is 19.4. The Morgan fingerprint density at radius 3 is 2.32 bits per heavy atom. The summed E-state index contributed by atoms with van der Waals surface area (Å²) in [6, 6.07) is 2.27. The van der Waals surface area contributed by atoms with E-state index in [0.29, 0.717) is 12.0 Å². The van der Waals surface area contributed by atoms with Gasteiger partial charge in [0.1, 0.15) is 17.2 Å². The maximum absolute atomic E-state index is 13.8. The third-order valence-electron chi connectivity index (χ3n) is 4.70. The van der Waals surface area contributed by atoms with Gasteiger partial charge in [-0.2, -0.15) is 0 Å². The molecule has 0 saturated carbocycles. The molecule has 25 heavy (non-hydrogen) atoms. The summed E-state index contributed by atoms with van der Waals surface area (Å²) in [6.07, 6.45) is 15.4. The van der Waals surface area contributed by atoms with Crippen LogP contribution in [0.2, 0.25) is 0 Å². The Bertz CT molecular complexity index is 639. The molecule has 2 rings (SSSR count). The van der Waals surface area contributed by atoms with E-state index in [0.717, 1.165) is 18.6 Å². The Morgan fingerprint density at radius 1 is 1.12 bits per heavy atom. The van der Waals surface area contributed by atoms with Crippen LogP contribution >= 0.6 is 0 Å². The second kappa shape index (κ2) is 9.50. The molecule has 0 heterocycles. The number of unbranched alkanes of at least 4 members (excludes halogenated alkanes) is 5. The van der Waals surface area contributed by atoms with Crippen LogP contribution in [-0.2, 0) is 0 Å². The minimum Gasteiger partial charge on any atom is -0.477 e. The smallest absolute Gasteiger partial charge is 0.341 e. The predicted molar refractivity (Wildman–Crippen MR) is 95.9 cm³/mol. The summed E-state index contributed by atoms with van der Waals surface area (Å²) in [5.74, 6) is -3.72. The number of hydrogen-bond donors (Lipinski definition) is 1. The molecular formula is C21H26F2O2. The average Bonchev–Trinajstić information content (AvgIpc) is 2.57. The van der Waals surface area contributed by atoms with Crippen molar-refractivity contribution >= 4 is 5.97 Å². The fourth-order valence-electron chi connectivity index (χ4n) is 3.22. The van der Waals surface area contributed by atoms with Crippen LogP contribution in [0.15, 0.2) is 35.9 Å². The molecule has 1 aromatic carbocycles. The van der Waals surface area contributed by atoms with Gasteiger partial charge in [0.15, 0.2) is 0 Å². The topological polar surface area (TPSA) is 37.3 Å². The average molecular weight is 348 g/mol. The Hall–Kier alpha value is -1.97. The number of benzene rings is 1. The van der Waals surface area contributed by atoms with Gasteiger partial charge in [-0.05, 0) is 37.0 Å². The van der Waals surface area contributed by atoms with Crippen molar-refractivity contribution in [2.45, 2.75) is 64.2 Å². The van der Waals surface area contributed by atoms with Crippen molar-refractivity contribution in [2.24, 2.45) is 0 Å². The summed E-state index contributed by atoms with van der Waals surface area (Å²) in [6.45, 7) is 2.21. The van der Waals surface area contributed by atoms with E-state index in [1.165, 1.54) is 44.1 Å². The SMILES string of the molecule is CCCCCCCCC1=CCC(c2cc(F)c(C(=O)O)c(F)c2)C=C1. The van der Waals surface area contributed by atoms with Crippen molar-refractivity contribution in [1.82, 2.24) is 0 Å². The lowest BCUT2D eigenvalue weighted by molar-refractivity contribution is 0.0686. The van der Waals surface area contributed by atoms with Crippen LogP contribution in [-0.4, -0.2) is 11.1 Å². The lowest BCUT2D eigenvalue weighted by Crippen LogP contribution is -2.08. The van der Waals surface area contributed by atoms with Crippen molar-refractivity contribution < 1.29 is 18.7 Å². The number of hydrogen-bond acceptors (Lipinski definition) is 1. The molecule has 0 aromatic heterocycles. The summed E-state index contributed by atoms with van der Waals surface area (Å²) in [4.78, 5) is 10.9. The van der Waals surface area contributed by atoms with Gasteiger partial charge >= 0.3 is 5.97 Å². The van der Waals surface area contributed by atoms with Crippen LogP contribution < -0.4 is 0 Å². The molecule has 1 unspecified atom stereocenters. The van der Waals surface area contributed by atoms with Crippen molar-refractivity contribution in [2.75, 3.05) is 0 Å². The van der Waals surface area contributed by atoms with Gasteiger partial charge in [0.2, 0.25) is 0 Å². The highest BCUT2D eigenvalue weighted by atomic mass is 19.1. The second-order valence-electron chi connectivity index (χ2n) is 6.66. The van der Waals surface area contributed by atoms with Crippen LogP contribution in [0, 0.1) is 11.6 Å². The van der Waals surface area contributed by atoms with Crippen LogP contribution in [0.1, 0.15) is 80.1 Å². The molecule has 2 nitrogen and oxygen atoms in total. The van der Waals surface area contributed by atoms with Crippen molar-refractivity contribution in [3.05, 3.63) is 58.7 Å². The Kier molecular flexibility index (Phi) is 7.35. The second-order valence-corrected chi connectivity index (χ2v) is 6.66. The molecule has 1 aliphatic carbocycles. The monoisotopic (exact) mass is 348 g/mol. The highest BCUT2D eigenvalue weighted by Crippen LogP contribution is 2.30. The molecular weight excluding hydrogens is 322 g/mol. The quantitative estimate of drug-likeness (QED) is 0.525. The van der Waals surface area contributed by atoms with E-state index in [9.17, 15) is 13.6 Å². The fourth-order valence-corrected chi connectivity index (χ4v) is 3.22. The van der Waals surface area contributed by atoms with Crippen molar-refractivity contribution in [1.29, 1.82) is 0 Å². The van der Waals surface area contributed by atoms with Crippen LogP contribution in [0.4, 0.5) is 8.78 Å². The van der Waals surface area contributed by atoms with E-state index in [-0.39, 0.29) is 5.92 Å². The van der Waals surface area contributed by atoms with Gasteiger partial charge in [-0.25, -0.2) is 13.6 Å².